The van der Waals surface area contributed by atoms with Gasteiger partial charge in [0.15, 0.2) is 0 Å². The Balaban J connectivity index is 1.09. The van der Waals surface area contributed by atoms with E-state index in [0.717, 1.165) is 67.5 Å². The van der Waals surface area contributed by atoms with Crippen molar-refractivity contribution in [3.05, 3.63) is 59.6 Å². The lowest BCUT2D eigenvalue weighted by atomic mass is 9.77. The van der Waals surface area contributed by atoms with Gasteiger partial charge in [-0.2, -0.15) is 0 Å². The fourth-order valence-electron chi connectivity index (χ4n) is 8.06. The number of aromatic amines is 2. The molecule has 2 saturated heterocycles. The molecule has 4 amide bonds. The first kappa shape index (κ1) is 29.5. The molecule has 54 heavy (non-hydrogen) atoms. The Hall–Kier alpha value is -4.88. The third-order valence-corrected chi connectivity index (χ3v) is 11.0. The summed E-state index contributed by atoms with van der Waals surface area (Å²) in [5.41, 5.74) is 3.86. The van der Waals surface area contributed by atoms with Gasteiger partial charge in [-0.1, -0.05) is 51.8 Å². The monoisotopic (exact) mass is 752 g/mol. The van der Waals surface area contributed by atoms with E-state index in [4.69, 9.17) is 15.7 Å². The molecule has 3 fully saturated rings. The van der Waals surface area contributed by atoms with Crippen LogP contribution in [0.2, 0.25) is 0 Å². The molecule has 0 unspecified atom stereocenters. The number of ether oxygens (including phenoxy) is 2. The number of amides is 4. The number of H-pyrrole nitrogens is 2. The highest BCUT2D eigenvalue weighted by Gasteiger charge is 2.39. The lowest BCUT2D eigenvalue weighted by Crippen LogP contribution is -2.51. The Morgan fingerprint density at radius 2 is 1.37 bits per heavy atom. The van der Waals surface area contributed by atoms with E-state index < -0.39 is 55.8 Å². The molecule has 4 heterocycles. The van der Waals surface area contributed by atoms with Gasteiger partial charge in [0.05, 0.1) is 39.6 Å². The molecule has 0 spiro atoms. The average molecular weight is 753 g/mol. The number of nitrogens with one attached hydrogen (secondary N) is 4. The van der Waals surface area contributed by atoms with Crippen LogP contribution in [0.3, 0.4) is 0 Å². The molecule has 0 radical (unpaired) electrons. The van der Waals surface area contributed by atoms with Crippen LogP contribution in [0.25, 0.3) is 11.3 Å². The zero-order valence-electron chi connectivity index (χ0n) is 39.2. The summed E-state index contributed by atoms with van der Waals surface area (Å²) in [6.45, 7) is -3.05. The van der Waals surface area contributed by atoms with Gasteiger partial charge in [-0.3, -0.25) is 9.59 Å². The topological polar surface area (TPSA) is 175 Å². The summed E-state index contributed by atoms with van der Waals surface area (Å²) in [7, 11) is 2.18. The number of carbonyl (C=O) groups is 4. The summed E-state index contributed by atoms with van der Waals surface area (Å²) < 4.78 is 74.6. The molecule has 6 rings (SSSR count). The van der Waals surface area contributed by atoms with Crippen molar-refractivity contribution in [3.8, 4) is 11.3 Å². The van der Waals surface area contributed by atoms with Crippen LogP contribution < -0.4 is 10.6 Å². The van der Waals surface area contributed by atoms with Gasteiger partial charge in [-0.15, -0.1) is 0 Å². The van der Waals surface area contributed by atoms with Gasteiger partial charge in [0.2, 0.25) is 11.8 Å². The van der Waals surface area contributed by atoms with Crippen LogP contribution in [-0.2, 0) is 19.1 Å². The molecule has 4 atom stereocenters. The first-order valence-electron chi connectivity index (χ1n) is 22.7. The van der Waals surface area contributed by atoms with E-state index >= 15 is 0 Å². The highest BCUT2D eigenvalue weighted by molar-refractivity contribution is 5.87. The number of aromatic nitrogens is 4. The second kappa shape index (κ2) is 17.1. The van der Waals surface area contributed by atoms with E-state index in [-0.39, 0.29) is 30.3 Å². The number of imidazole rings is 2. The molecular weight excluding hydrogens is 688 g/mol. The fourth-order valence-corrected chi connectivity index (χ4v) is 8.06. The number of hydrogen-bond acceptors (Lipinski definition) is 8. The molecule has 2 aliphatic heterocycles. The molecule has 2 aromatic heterocycles. The number of rotatable bonds is 11. The van der Waals surface area contributed by atoms with Crippen LogP contribution in [0.4, 0.5) is 9.59 Å². The van der Waals surface area contributed by atoms with Gasteiger partial charge < -0.3 is 39.9 Å². The molecule has 1 aromatic carbocycles. The fraction of sp³-hybridized carbons (Fsp3) is 0.600. The predicted octanol–water partition coefficient (Wildman–Crippen LogP) is 6.33. The Morgan fingerprint density at radius 3 is 1.98 bits per heavy atom. The van der Waals surface area contributed by atoms with Crippen LogP contribution in [0, 0.1) is 11.8 Å². The maximum atomic E-state index is 14.2. The molecule has 14 heteroatoms. The van der Waals surface area contributed by atoms with E-state index in [2.05, 4.69) is 54.3 Å². The van der Waals surface area contributed by atoms with Crippen LogP contribution in [-0.4, -0.2) is 93.1 Å². The zero-order chi connectivity index (χ0) is 45.4. The molecule has 3 aliphatic rings. The van der Waals surface area contributed by atoms with Crippen molar-refractivity contribution in [2.45, 2.75) is 115 Å². The predicted molar refractivity (Wildman–Crippen MR) is 202 cm³/mol. The molecule has 14 nitrogen and oxygen atoms in total. The summed E-state index contributed by atoms with van der Waals surface area (Å²) in [6, 6.07) is 3.16. The Bertz CT molecular complexity index is 2070. The SMILES string of the molecule is [2H]C([2H])([2H])C([2H])(C([2H])([2H])[2H])[C@@]([2H])(NC(=O)OC)C(=O)N1CCC[C@H]1c1ncc([C@H]2CC[C@H](c3ccc(-c4cnc([C@@H]5CCCN5C(=O)[C@@H](NC(=O)OC)C(C)C)[nH]4)cc3)CC2)[nH]1. The number of benzene rings is 1. The summed E-state index contributed by atoms with van der Waals surface area (Å²) in [4.78, 5) is 71.0. The number of carbonyl (C=O) groups excluding carboxylic acids is 4. The smallest absolute Gasteiger partial charge is 0.407 e. The lowest BCUT2D eigenvalue weighted by Gasteiger charge is -2.30. The summed E-state index contributed by atoms with van der Waals surface area (Å²) in [6.07, 6.45) is 7.30. The molecule has 3 aromatic rings. The number of likely N-dealkylation sites (tertiary alicyclic amines) is 2. The van der Waals surface area contributed by atoms with E-state index in [1.165, 1.54) is 12.7 Å². The average Bonchev–Trinajstić information content (AvgIpc) is 4.08. The van der Waals surface area contributed by atoms with Crippen LogP contribution in [0.15, 0.2) is 36.7 Å². The van der Waals surface area contributed by atoms with Gasteiger partial charge >= 0.3 is 12.2 Å². The van der Waals surface area contributed by atoms with E-state index in [1.54, 1.807) is 22.6 Å². The van der Waals surface area contributed by atoms with Crippen molar-refractivity contribution in [1.29, 1.82) is 0 Å². The maximum Gasteiger partial charge on any atom is 0.407 e. The standard InChI is InChI=1S/C40H56N8O6/c1-23(2)33(45-39(51)53-5)37(49)47-19-7-9-31(47)35-41-21-29(43-35)27-15-11-25(12-16-27)26-13-17-28(18-14-26)30-22-42-36(44-30)32-10-8-20-48(32)38(50)34(24(3)4)46-40(52)54-6/h11-12,15-16,21-24,26,28,31-34H,7-10,13-14,17-20H2,1-6H3,(H,41,43)(H,42,44)(H,45,51)(H,46,52)/t26-,28-,31-,32-,33-,34+/m0/s1/i3D3,4D3,24D,34D. The molecule has 1 saturated carbocycles. The summed E-state index contributed by atoms with van der Waals surface area (Å²) in [5.74, 6) is -3.88. The third kappa shape index (κ3) is 8.42. The van der Waals surface area contributed by atoms with Crippen molar-refractivity contribution < 1.29 is 39.6 Å². The Kier molecular flexibility index (Phi) is 9.32. The van der Waals surface area contributed by atoms with Crippen molar-refractivity contribution in [2.75, 3.05) is 27.3 Å². The van der Waals surface area contributed by atoms with Crippen LogP contribution in [0.1, 0.15) is 137 Å². The van der Waals surface area contributed by atoms with Crippen LogP contribution >= 0.6 is 0 Å². The van der Waals surface area contributed by atoms with Crippen LogP contribution in [0.5, 0.6) is 0 Å². The number of hydrogen-bond donors (Lipinski definition) is 4. The van der Waals surface area contributed by atoms with E-state index in [9.17, 15) is 19.2 Å². The molecule has 1 aliphatic carbocycles. The van der Waals surface area contributed by atoms with Crippen molar-refractivity contribution >= 4 is 24.0 Å². The van der Waals surface area contributed by atoms with Crippen molar-refractivity contribution in [1.82, 2.24) is 40.4 Å². The molecule has 292 valence electrons. The molecule has 4 N–H and O–H groups in total. The maximum absolute atomic E-state index is 14.2. The zero-order valence-corrected chi connectivity index (χ0v) is 31.2. The van der Waals surface area contributed by atoms with E-state index in [0.29, 0.717) is 37.0 Å². The minimum atomic E-state index is -3.76. The third-order valence-electron chi connectivity index (χ3n) is 11.0. The second-order valence-corrected chi connectivity index (χ2v) is 14.6. The van der Waals surface area contributed by atoms with Crippen molar-refractivity contribution in [3.63, 3.8) is 0 Å². The van der Waals surface area contributed by atoms with Gasteiger partial charge in [0, 0.05) is 40.5 Å². The quantitative estimate of drug-likeness (QED) is 0.176. The van der Waals surface area contributed by atoms with Gasteiger partial charge in [-0.05, 0) is 80.2 Å². The number of methoxy groups -OCH3 is 2. The molecular formula is C40H56N8O6. The number of alkyl carbamates (subject to hydrolysis) is 2. The van der Waals surface area contributed by atoms with Crippen molar-refractivity contribution in [2.24, 2.45) is 11.8 Å². The minimum absolute atomic E-state index is 0.0170. The largest absolute Gasteiger partial charge is 0.453 e. The summed E-state index contributed by atoms with van der Waals surface area (Å²) in [5, 5.41) is 4.48. The normalized spacial score (nSPS) is 26.1. The van der Waals surface area contributed by atoms with Gasteiger partial charge in [0.25, 0.3) is 0 Å². The lowest BCUT2D eigenvalue weighted by molar-refractivity contribution is -0.136. The minimum Gasteiger partial charge on any atom is -0.453 e. The summed E-state index contributed by atoms with van der Waals surface area (Å²) >= 11 is 0. The number of nitrogens with zero attached hydrogens (tertiary/aromatic N) is 4. The molecule has 0 bridgehead atoms. The first-order valence-corrected chi connectivity index (χ1v) is 18.7. The van der Waals surface area contributed by atoms with E-state index in [1.807, 2.05) is 13.8 Å². The van der Waals surface area contributed by atoms with Gasteiger partial charge in [-0.25, -0.2) is 19.6 Å². The highest BCUT2D eigenvalue weighted by Crippen LogP contribution is 2.41. The first-order chi connectivity index (χ1) is 29.1. The highest BCUT2D eigenvalue weighted by atomic mass is 16.5. The van der Waals surface area contributed by atoms with Gasteiger partial charge in [0.1, 0.15) is 23.7 Å². The second-order valence-electron chi connectivity index (χ2n) is 14.6. The Morgan fingerprint density at radius 1 is 0.796 bits per heavy atom. The Labute approximate surface area is 328 Å².